The molecule has 3 aromatic rings. The highest BCUT2D eigenvalue weighted by atomic mass is 35.5. The van der Waals surface area contributed by atoms with Crippen molar-refractivity contribution < 1.29 is 9.47 Å². The van der Waals surface area contributed by atoms with Crippen LogP contribution < -0.4 is 25.8 Å². The fraction of sp³-hybridized carbons (Fsp3) is 0.158. The highest BCUT2D eigenvalue weighted by molar-refractivity contribution is 6.31. The molecule has 140 valence electrons. The number of benzene rings is 2. The van der Waals surface area contributed by atoms with Gasteiger partial charge in [-0.2, -0.15) is 0 Å². The zero-order valence-corrected chi connectivity index (χ0v) is 15.7. The Morgan fingerprint density at radius 1 is 1.00 bits per heavy atom. The Balaban J connectivity index is 1.90. The van der Waals surface area contributed by atoms with E-state index in [-0.39, 0.29) is 0 Å². The van der Waals surface area contributed by atoms with E-state index in [0.29, 0.717) is 46.1 Å². The van der Waals surface area contributed by atoms with Gasteiger partial charge in [-0.15, -0.1) is 0 Å². The molecule has 0 aliphatic carbocycles. The van der Waals surface area contributed by atoms with E-state index in [9.17, 15) is 0 Å². The second-order valence-corrected chi connectivity index (χ2v) is 5.94. The molecule has 1 heterocycles. The van der Waals surface area contributed by atoms with Crippen molar-refractivity contribution in [2.75, 3.05) is 30.1 Å². The third-order valence-corrected chi connectivity index (χ3v) is 3.97. The van der Waals surface area contributed by atoms with Gasteiger partial charge >= 0.3 is 0 Å². The summed E-state index contributed by atoms with van der Waals surface area (Å²) in [6, 6.07) is 12.8. The molecule has 0 radical (unpaired) electrons. The smallest absolute Gasteiger partial charge is 0.159 e. The molecule has 0 amide bonds. The third-order valence-electron chi connectivity index (χ3n) is 3.74. The van der Waals surface area contributed by atoms with Gasteiger partial charge in [0.2, 0.25) is 0 Å². The number of hydrogen-bond acceptors (Lipinski definition) is 7. The van der Waals surface area contributed by atoms with Gasteiger partial charge in [0.15, 0.2) is 11.6 Å². The number of hydrogen-bond donors (Lipinski definition) is 3. The Morgan fingerprint density at radius 3 is 2.41 bits per heavy atom. The van der Waals surface area contributed by atoms with Crippen molar-refractivity contribution in [2.45, 2.75) is 6.92 Å². The van der Waals surface area contributed by atoms with E-state index in [1.165, 1.54) is 6.33 Å². The van der Waals surface area contributed by atoms with Crippen molar-refractivity contribution >= 4 is 40.3 Å². The summed E-state index contributed by atoms with van der Waals surface area (Å²) in [4.78, 5) is 8.46. The first-order valence-corrected chi connectivity index (χ1v) is 8.70. The number of nitrogens with one attached hydrogen (secondary N) is 2. The fourth-order valence-corrected chi connectivity index (χ4v) is 2.65. The molecule has 0 bridgehead atoms. The van der Waals surface area contributed by atoms with E-state index < -0.39 is 0 Å². The number of rotatable bonds is 7. The molecule has 0 aliphatic heterocycles. The van der Waals surface area contributed by atoms with Gasteiger partial charge in [-0.25, -0.2) is 9.97 Å². The van der Waals surface area contributed by atoms with Crippen LogP contribution in [0.1, 0.15) is 6.92 Å². The number of halogens is 1. The van der Waals surface area contributed by atoms with Gasteiger partial charge in [0.25, 0.3) is 0 Å². The summed E-state index contributed by atoms with van der Waals surface area (Å²) in [7, 11) is 1.58. The van der Waals surface area contributed by atoms with Crippen LogP contribution in [0.2, 0.25) is 5.02 Å². The zero-order valence-electron chi connectivity index (χ0n) is 15.0. The predicted octanol–water partition coefficient (Wildman–Crippen LogP) is 4.61. The van der Waals surface area contributed by atoms with Crippen LogP contribution in [-0.2, 0) is 0 Å². The maximum absolute atomic E-state index is 6.27. The molecule has 1 aromatic heterocycles. The molecular weight excluding hydrogens is 366 g/mol. The summed E-state index contributed by atoms with van der Waals surface area (Å²) >= 11 is 6.08. The maximum Gasteiger partial charge on any atom is 0.159 e. The van der Waals surface area contributed by atoms with Crippen LogP contribution >= 0.6 is 11.6 Å². The Labute approximate surface area is 162 Å². The number of aromatic nitrogens is 2. The van der Waals surface area contributed by atoms with Crippen LogP contribution in [0.4, 0.5) is 28.7 Å². The summed E-state index contributed by atoms with van der Waals surface area (Å²) in [5, 5.41) is 6.90. The average molecular weight is 386 g/mol. The molecule has 0 atom stereocenters. The number of para-hydroxylation sites is 2. The van der Waals surface area contributed by atoms with Crippen LogP contribution in [0.15, 0.2) is 48.8 Å². The van der Waals surface area contributed by atoms with Crippen LogP contribution in [0.25, 0.3) is 0 Å². The number of anilines is 5. The van der Waals surface area contributed by atoms with Gasteiger partial charge in [0, 0.05) is 5.02 Å². The minimum Gasteiger partial charge on any atom is -0.495 e. The van der Waals surface area contributed by atoms with E-state index in [2.05, 4.69) is 20.6 Å². The van der Waals surface area contributed by atoms with Crippen molar-refractivity contribution in [3.63, 3.8) is 0 Å². The molecule has 3 rings (SSSR count). The van der Waals surface area contributed by atoms with Crippen molar-refractivity contribution in [2.24, 2.45) is 0 Å². The summed E-state index contributed by atoms with van der Waals surface area (Å²) in [6.45, 7) is 2.48. The topological polar surface area (TPSA) is 94.3 Å². The maximum atomic E-state index is 6.27. The third kappa shape index (κ3) is 4.32. The summed E-state index contributed by atoms with van der Waals surface area (Å²) in [6.07, 6.45) is 1.42. The SMILES string of the molecule is CCOc1ccccc1Nc1ncnc(Nc2cc(Cl)ccc2OC)c1N. The first kappa shape index (κ1) is 18.6. The molecule has 2 aromatic carbocycles. The van der Waals surface area contributed by atoms with Gasteiger partial charge in [-0.05, 0) is 37.3 Å². The quantitative estimate of drug-likeness (QED) is 0.546. The highest BCUT2D eigenvalue weighted by Crippen LogP contribution is 2.35. The second-order valence-electron chi connectivity index (χ2n) is 5.51. The number of nitrogens with zero attached hydrogens (tertiary/aromatic N) is 2. The first-order chi connectivity index (χ1) is 13.1. The minimum absolute atomic E-state index is 0.353. The van der Waals surface area contributed by atoms with E-state index in [4.69, 9.17) is 26.8 Å². The molecule has 0 unspecified atom stereocenters. The van der Waals surface area contributed by atoms with E-state index >= 15 is 0 Å². The normalized spacial score (nSPS) is 10.3. The molecule has 8 heteroatoms. The van der Waals surface area contributed by atoms with Crippen molar-refractivity contribution in [3.8, 4) is 11.5 Å². The molecule has 0 fully saturated rings. The zero-order chi connectivity index (χ0) is 19.2. The lowest BCUT2D eigenvalue weighted by Crippen LogP contribution is -2.06. The second kappa shape index (κ2) is 8.46. The number of methoxy groups -OCH3 is 1. The average Bonchev–Trinajstić information content (AvgIpc) is 2.67. The van der Waals surface area contributed by atoms with Gasteiger partial charge in [0.05, 0.1) is 25.1 Å². The fourth-order valence-electron chi connectivity index (χ4n) is 2.48. The molecular formula is C19H20ClN5O2. The number of ether oxygens (including phenoxy) is 2. The lowest BCUT2D eigenvalue weighted by atomic mass is 10.2. The van der Waals surface area contributed by atoms with Crippen LogP contribution in [0.3, 0.4) is 0 Å². The summed E-state index contributed by atoms with van der Waals surface area (Å²) in [5.41, 5.74) is 8.03. The number of nitrogen functional groups attached to an aromatic ring is 1. The molecule has 7 nitrogen and oxygen atoms in total. The van der Waals surface area contributed by atoms with E-state index in [0.717, 1.165) is 5.69 Å². The molecule has 0 aliphatic rings. The van der Waals surface area contributed by atoms with E-state index in [1.807, 2.05) is 31.2 Å². The first-order valence-electron chi connectivity index (χ1n) is 8.32. The van der Waals surface area contributed by atoms with Crippen LogP contribution in [-0.4, -0.2) is 23.7 Å². The largest absolute Gasteiger partial charge is 0.495 e. The Kier molecular flexibility index (Phi) is 5.83. The summed E-state index contributed by atoms with van der Waals surface area (Å²) in [5.74, 6) is 2.22. The van der Waals surface area contributed by atoms with Crippen molar-refractivity contribution in [3.05, 3.63) is 53.8 Å². The van der Waals surface area contributed by atoms with Gasteiger partial charge in [-0.3, -0.25) is 0 Å². The summed E-state index contributed by atoms with van der Waals surface area (Å²) < 4.78 is 11.0. The standard InChI is InChI=1S/C19H20ClN5O2/c1-3-27-16-7-5-4-6-13(16)24-18-17(21)19(23-11-22-18)25-14-10-12(20)8-9-15(14)26-2/h4-11H,3,21H2,1-2H3,(H2,22,23,24,25). The minimum atomic E-state index is 0.353. The molecule has 0 spiro atoms. The Hall–Kier alpha value is -3.19. The van der Waals surface area contributed by atoms with Gasteiger partial charge in [-0.1, -0.05) is 23.7 Å². The molecule has 27 heavy (non-hydrogen) atoms. The van der Waals surface area contributed by atoms with Crippen molar-refractivity contribution in [1.82, 2.24) is 9.97 Å². The molecule has 4 N–H and O–H groups in total. The van der Waals surface area contributed by atoms with Crippen LogP contribution in [0, 0.1) is 0 Å². The highest BCUT2D eigenvalue weighted by Gasteiger charge is 2.13. The van der Waals surface area contributed by atoms with Crippen molar-refractivity contribution in [1.29, 1.82) is 0 Å². The molecule has 0 saturated heterocycles. The van der Waals surface area contributed by atoms with E-state index in [1.54, 1.807) is 25.3 Å². The van der Waals surface area contributed by atoms with Gasteiger partial charge < -0.3 is 25.8 Å². The Morgan fingerprint density at radius 2 is 1.70 bits per heavy atom. The molecule has 0 saturated carbocycles. The lowest BCUT2D eigenvalue weighted by Gasteiger charge is -2.16. The number of nitrogens with two attached hydrogens (primary N) is 1. The Bertz CT molecular complexity index is 936. The van der Waals surface area contributed by atoms with Crippen LogP contribution in [0.5, 0.6) is 11.5 Å². The monoisotopic (exact) mass is 385 g/mol. The predicted molar refractivity (Wildman–Crippen MR) is 109 cm³/mol. The lowest BCUT2D eigenvalue weighted by molar-refractivity contribution is 0.342. The van der Waals surface area contributed by atoms with Gasteiger partial charge in [0.1, 0.15) is 23.5 Å².